The van der Waals surface area contributed by atoms with Gasteiger partial charge in [0.2, 0.25) is 0 Å². The Labute approximate surface area is 194 Å². The number of aliphatic carboxylic acids is 1. The van der Waals surface area contributed by atoms with E-state index in [0.717, 1.165) is 34.3 Å². The van der Waals surface area contributed by atoms with Crippen LogP contribution >= 0.6 is 11.8 Å². The molecule has 2 aromatic rings. The molecule has 1 saturated heterocycles. The molecule has 10 nitrogen and oxygen atoms in total. The molecule has 0 amide bonds. The Bertz CT molecular complexity index is 1110. The Morgan fingerprint density at radius 2 is 1.91 bits per heavy atom. The maximum Gasteiger partial charge on any atom is 0.335 e. The van der Waals surface area contributed by atoms with E-state index in [1.54, 1.807) is 6.07 Å². The van der Waals surface area contributed by atoms with E-state index in [1.807, 2.05) is 49.7 Å². The molecule has 2 aliphatic rings. The summed E-state index contributed by atoms with van der Waals surface area (Å²) in [5.41, 5.74) is 1.36. The van der Waals surface area contributed by atoms with Crippen molar-refractivity contribution < 1.29 is 34.7 Å². The van der Waals surface area contributed by atoms with Crippen LogP contribution in [0.25, 0.3) is 11.3 Å². The number of nitriles is 1. The highest BCUT2D eigenvalue weighted by atomic mass is 32.2. The Kier molecular flexibility index (Phi) is 6.17. The van der Waals surface area contributed by atoms with Crippen molar-refractivity contribution in [3.8, 4) is 17.3 Å². The zero-order valence-electron chi connectivity index (χ0n) is 18.2. The van der Waals surface area contributed by atoms with Gasteiger partial charge in [-0.25, -0.2) is 4.79 Å². The van der Waals surface area contributed by atoms with Crippen LogP contribution in [0.3, 0.4) is 0 Å². The molecule has 33 heavy (non-hydrogen) atoms. The van der Waals surface area contributed by atoms with Crippen LogP contribution in [0, 0.1) is 11.3 Å². The van der Waals surface area contributed by atoms with Crippen molar-refractivity contribution in [2.75, 3.05) is 5.32 Å². The van der Waals surface area contributed by atoms with E-state index in [9.17, 15) is 30.5 Å². The quantitative estimate of drug-likeness (QED) is 0.434. The van der Waals surface area contributed by atoms with Crippen molar-refractivity contribution in [1.29, 1.82) is 5.26 Å². The minimum Gasteiger partial charge on any atom is -0.479 e. The zero-order chi connectivity index (χ0) is 24.1. The molecule has 0 radical (unpaired) electrons. The van der Waals surface area contributed by atoms with E-state index in [4.69, 9.17) is 9.47 Å². The number of nitrogens with zero attached hydrogens (tertiary/aromatic N) is 2. The number of fused-ring (bicyclic) bond motifs is 1. The molecular formula is C22H25N3O7S. The standard InChI is InChI=1S/C22H25N3O7S/c1-22(2)12-8-10(14-7-5-11(9-23)25(14)3)4-6-13(12)24-21(32-22)33-20-17(28)15(26)16(27)18(31-20)19(29)30/h4-8,15-18,20-21,24,26-28H,1-3H3,(H,29,30). The van der Waals surface area contributed by atoms with Crippen LogP contribution in [-0.2, 0) is 26.9 Å². The Morgan fingerprint density at radius 1 is 1.18 bits per heavy atom. The summed E-state index contributed by atoms with van der Waals surface area (Å²) < 4.78 is 13.3. The summed E-state index contributed by atoms with van der Waals surface area (Å²) in [5, 5.41) is 51.9. The number of carboxylic acid groups (broad SMARTS) is 1. The second-order valence-electron chi connectivity index (χ2n) is 8.51. The summed E-state index contributed by atoms with van der Waals surface area (Å²) in [4.78, 5) is 11.4. The molecule has 6 unspecified atom stereocenters. The maximum absolute atomic E-state index is 11.4. The number of aliphatic hydroxyl groups is 3. The van der Waals surface area contributed by atoms with Gasteiger partial charge in [-0.3, -0.25) is 0 Å². The number of nitrogens with one attached hydrogen (secondary N) is 1. The SMILES string of the molecule is Cn1c(C#N)ccc1-c1ccc2c(c1)C(C)(C)OC(SC1OC(C(=O)O)C(O)C(O)C1O)N2. The minimum atomic E-state index is -1.75. The van der Waals surface area contributed by atoms with Gasteiger partial charge in [0.25, 0.3) is 0 Å². The van der Waals surface area contributed by atoms with Crippen LogP contribution in [0.4, 0.5) is 5.69 Å². The largest absolute Gasteiger partial charge is 0.479 e. The Morgan fingerprint density at radius 3 is 2.55 bits per heavy atom. The zero-order valence-corrected chi connectivity index (χ0v) is 19.0. The van der Waals surface area contributed by atoms with E-state index in [0.29, 0.717) is 5.69 Å². The third-order valence-corrected chi connectivity index (χ3v) is 7.07. The smallest absolute Gasteiger partial charge is 0.335 e. The predicted molar refractivity (Wildman–Crippen MR) is 119 cm³/mol. The van der Waals surface area contributed by atoms with Crippen molar-refractivity contribution in [3.63, 3.8) is 0 Å². The van der Waals surface area contributed by atoms with E-state index >= 15 is 0 Å². The van der Waals surface area contributed by atoms with Gasteiger partial charge < -0.3 is 39.8 Å². The molecular weight excluding hydrogens is 450 g/mol. The first-order valence-corrected chi connectivity index (χ1v) is 11.2. The number of aromatic nitrogens is 1. The van der Waals surface area contributed by atoms with Crippen molar-refractivity contribution in [3.05, 3.63) is 41.6 Å². The summed E-state index contributed by atoms with van der Waals surface area (Å²) in [7, 11) is 1.82. The molecule has 4 rings (SSSR count). The Balaban J connectivity index is 1.57. The van der Waals surface area contributed by atoms with Gasteiger partial charge in [-0.05, 0) is 43.7 Å². The lowest BCUT2D eigenvalue weighted by atomic mass is 9.92. The van der Waals surface area contributed by atoms with Crippen molar-refractivity contribution >= 4 is 23.4 Å². The molecule has 1 fully saturated rings. The Hall–Kier alpha value is -2.59. The monoisotopic (exact) mass is 475 g/mol. The van der Waals surface area contributed by atoms with Crippen molar-refractivity contribution in [2.45, 2.75) is 54.9 Å². The fourth-order valence-corrected chi connectivity index (χ4v) is 5.32. The first kappa shape index (κ1) is 23.6. The normalized spacial score (nSPS) is 30.7. The molecule has 5 N–H and O–H groups in total. The van der Waals surface area contributed by atoms with E-state index in [1.165, 1.54) is 0 Å². The predicted octanol–water partition coefficient (Wildman–Crippen LogP) is 1.15. The highest BCUT2D eigenvalue weighted by Crippen LogP contribution is 2.43. The average Bonchev–Trinajstić information content (AvgIpc) is 3.13. The molecule has 0 spiro atoms. The lowest BCUT2D eigenvalue weighted by molar-refractivity contribution is -0.209. The third kappa shape index (κ3) is 4.21. The molecule has 0 bridgehead atoms. The average molecular weight is 476 g/mol. The number of rotatable bonds is 4. The minimum absolute atomic E-state index is 0.547. The van der Waals surface area contributed by atoms with Crippen LogP contribution in [0.1, 0.15) is 25.1 Å². The topological polar surface area (TPSA) is 157 Å². The third-order valence-electron chi connectivity index (χ3n) is 5.95. The van der Waals surface area contributed by atoms with E-state index in [-0.39, 0.29) is 0 Å². The van der Waals surface area contributed by atoms with Gasteiger partial charge in [0.05, 0.1) is 5.60 Å². The molecule has 6 atom stereocenters. The first-order valence-electron chi connectivity index (χ1n) is 10.3. The number of thioether (sulfide) groups is 1. The highest BCUT2D eigenvalue weighted by Gasteiger charge is 2.48. The molecule has 1 aromatic carbocycles. The molecule has 0 saturated carbocycles. The first-order chi connectivity index (χ1) is 15.5. The molecule has 176 valence electrons. The van der Waals surface area contributed by atoms with Gasteiger partial charge in [0.15, 0.2) is 11.7 Å². The maximum atomic E-state index is 11.4. The van der Waals surface area contributed by atoms with Crippen LogP contribution < -0.4 is 5.32 Å². The van der Waals surface area contributed by atoms with Crippen LogP contribution in [0.2, 0.25) is 0 Å². The van der Waals surface area contributed by atoms with Gasteiger partial charge in [0.1, 0.15) is 35.5 Å². The number of carboxylic acids is 1. The summed E-state index contributed by atoms with van der Waals surface area (Å²) in [6.07, 6.45) is -6.60. The van der Waals surface area contributed by atoms with Crippen molar-refractivity contribution in [1.82, 2.24) is 4.57 Å². The van der Waals surface area contributed by atoms with Crippen LogP contribution in [-0.4, -0.2) is 66.4 Å². The van der Waals surface area contributed by atoms with Crippen LogP contribution in [0.5, 0.6) is 0 Å². The molecule has 1 aromatic heterocycles. The summed E-state index contributed by atoms with van der Waals surface area (Å²) in [5.74, 6) is -1.44. The number of aliphatic hydroxyl groups excluding tert-OH is 3. The second kappa shape index (κ2) is 8.64. The number of benzene rings is 1. The molecule has 3 heterocycles. The van der Waals surface area contributed by atoms with Crippen molar-refractivity contribution in [2.24, 2.45) is 7.05 Å². The van der Waals surface area contributed by atoms with E-state index < -0.39 is 47.0 Å². The highest BCUT2D eigenvalue weighted by molar-refractivity contribution is 8.00. The molecule has 0 aliphatic carbocycles. The summed E-state index contributed by atoms with van der Waals surface area (Å²) in [6, 6.07) is 11.6. The summed E-state index contributed by atoms with van der Waals surface area (Å²) >= 11 is 0.972. The van der Waals surface area contributed by atoms with E-state index in [2.05, 4.69) is 11.4 Å². The molecule has 11 heteroatoms. The number of ether oxygens (including phenoxy) is 2. The number of hydrogen-bond donors (Lipinski definition) is 5. The van der Waals surface area contributed by atoms with Crippen LogP contribution in [0.15, 0.2) is 30.3 Å². The lowest BCUT2D eigenvalue weighted by Crippen LogP contribution is -2.59. The lowest BCUT2D eigenvalue weighted by Gasteiger charge is -2.43. The fourth-order valence-electron chi connectivity index (χ4n) is 4.08. The van der Waals surface area contributed by atoms with Gasteiger partial charge in [-0.1, -0.05) is 17.8 Å². The fraction of sp³-hybridized carbons (Fsp3) is 0.455. The van der Waals surface area contributed by atoms with Gasteiger partial charge >= 0.3 is 5.97 Å². The number of hydrogen-bond acceptors (Lipinski definition) is 9. The number of carbonyl (C=O) groups is 1. The molecule has 2 aliphatic heterocycles. The van der Waals surface area contributed by atoms with Gasteiger partial charge in [-0.2, -0.15) is 5.26 Å². The van der Waals surface area contributed by atoms with Gasteiger partial charge in [-0.15, -0.1) is 0 Å². The second-order valence-corrected chi connectivity index (χ2v) is 9.68. The summed E-state index contributed by atoms with van der Waals surface area (Å²) in [6.45, 7) is 3.76. The van der Waals surface area contributed by atoms with Gasteiger partial charge in [0, 0.05) is 24.0 Å². The number of anilines is 1.